The van der Waals surface area contributed by atoms with Crippen molar-refractivity contribution >= 4 is 15.9 Å². The maximum Gasteiger partial charge on any atom is 0.243 e. The summed E-state index contributed by atoms with van der Waals surface area (Å²) in [6, 6.07) is 7.50. The number of amides is 1. The molecule has 1 aromatic rings. The van der Waals surface area contributed by atoms with Crippen LogP contribution < -0.4 is 4.72 Å². The first kappa shape index (κ1) is 15.7. The summed E-state index contributed by atoms with van der Waals surface area (Å²) in [5, 5.41) is -0.634. The lowest BCUT2D eigenvalue weighted by molar-refractivity contribution is -0.123. The Morgan fingerprint density at radius 3 is 2.05 bits per heavy atom. The molecule has 1 rings (SSSR count). The van der Waals surface area contributed by atoms with Crippen molar-refractivity contribution < 1.29 is 13.2 Å². The fourth-order valence-corrected chi connectivity index (χ4v) is 2.23. The van der Waals surface area contributed by atoms with E-state index in [9.17, 15) is 13.2 Å². The molecule has 0 bridgehead atoms. The predicted octanol–water partition coefficient (Wildman–Crippen LogP) is 2.13. The normalized spacial score (nSPS) is 12.5. The Balaban J connectivity index is 3.01. The Hall–Kier alpha value is -1.36. The number of benzene rings is 1. The standard InChI is InChI=1S/C14H21NO3S/c1-10(2)19(17,18)15-13(16)14(4,5)12-8-6-11(3)7-9-12/h6-10H,1-5H3,(H,15,16). The molecule has 4 nitrogen and oxygen atoms in total. The molecular weight excluding hydrogens is 262 g/mol. The van der Waals surface area contributed by atoms with Crippen LogP contribution in [0.25, 0.3) is 0 Å². The monoisotopic (exact) mass is 283 g/mol. The maximum atomic E-state index is 12.2. The van der Waals surface area contributed by atoms with E-state index in [0.29, 0.717) is 0 Å². The van der Waals surface area contributed by atoms with Gasteiger partial charge >= 0.3 is 0 Å². The second kappa shape index (κ2) is 5.33. The Morgan fingerprint density at radius 2 is 1.63 bits per heavy atom. The van der Waals surface area contributed by atoms with Gasteiger partial charge in [0.25, 0.3) is 0 Å². The number of nitrogens with one attached hydrogen (secondary N) is 1. The van der Waals surface area contributed by atoms with E-state index in [4.69, 9.17) is 0 Å². The van der Waals surface area contributed by atoms with Crippen molar-refractivity contribution in [2.45, 2.75) is 45.3 Å². The molecule has 0 radical (unpaired) electrons. The zero-order chi connectivity index (χ0) is 14.8. The largest absolute Gasteiger partial charge is 0.273 e. The molecule has 0 spiro atoms. The van der Waals surface area contributed by atoms with Gasteiger partial charge in [-0.3, -0.25) is 9.52 Å². The summed E-state index contributed by atoms with van der Waals surface area (Å²) in [4.78, 5) is 12.2. The van der Waals surface area contributed by atoms with Crippen molar-refractivity contribution in [2.75, 3.05) is 0 Å². The lowest BCUT2D eigenvalue weighted by atomic mass is 9.84. The fourth-order valence-electron chi connectivity index (χ4n) is 1.48. The first-order valence-corrected chi connectivity index (χ1v) is 7.75. The van der Waals surface area contributed by atoms with Crippen molar-refractivity contribution in [3.63, 3.8) is 0 Å². The van der Waals surface area contributed by atoms with E-state index in [0.717, 1.165) is 11.1 Å². The van der Waals surface area contributed by atoms with Crippen molar-refractivity contribution in [2.24, 2.45) is 0 Å². The number of carbonyl (C=O) groups excluding carboxylic acids is 1. The number of carbonyl (C=O) groups is 1. The van der Waals surface area contributed by atoms with Crippen molar-refractivity contribution in [3.05, 3.63) is 35.4 Å². The molecule has 0 unspecified atom stereocenters. The van der Waals surface area contributed by atoms with Crippen LogP contribution in [0.3, 0.4) is 0 Å². The first-order valence-electron chi connectivity index (χ1n) is 6.20. The summed E-state index contributed by atoms with van der Waals surface area (Å²) in [6.07, 6.45) is 0. The minimum Gasteiger partial charge on any atom is -0.273 e. The predicted molar refractivity (Wildman–Crippen MR) is 76.4 cm³/mol. The van der Waals surface area contributed by atoms with Crippen LogP contribution in [0.5, 0.6) is 0 Å². The summed E-state index contributed by atoms with van der Waals surface area (Å²) in [5.74, 6) is -0.509. The molecule has 106 valence electrons. The molecule has 0 aromatic heterocycles. The highest BCUT2D eigenvalue weighted by atomic mass is 32.2. The lowest BCUT2D eigenvalue weighted by Crippen LogP contribution is -2.45. The van der Waals surface area contributed by atoms with Crippen LogP contribution >= 0.6 is 0 Å². The Labute approximate surface area is 115 Å². The minimum atomic E-state index is -3.60. The summed E-state index contributed by atoms with van der Waals surface area (Å²) < 4.78 is 25.6. The number of hydrogen-bond donors (Lipinski definition) is 1. The molecule has 0 aliphatic rings. The lowest BCUT2D eigenvalue weighted by Gasteiger charge is -2.24. The third kappa shape index (κ3) is 3.56. The zero-order valence-corrected chi connectivity index (χ0v) is 12.8. The first-order chi connectivity index (χ1) is 8.57. The number of sulfonamides is 1. The molecule has 5 heteroatoms. The van der Waals surface area contributed by atoms with Crippen LogP contribution in [0, 0.1) is 6.92 Å². The van der Waals surface area contributed by atoms with E-state index in [-0.39, 0.29) is 0 Å². The van der Waals surface area contributed by atoms with Gasteiger partial charge in [-0.05, 0) is 40.2 Å². The van der Waals surface area contributed by atoms with Gasteiger partial charge in [0.1, 0.15) is 0 Å². The molecule has 0 aliphatic heterocycles. The molecule has 0 heterocycles. The smallest absolute Gasteiger partial charge is 0.243 e. The SMILES string of the molecule is Cc1ccc(C(C)(C)C(=O)NS(=O)(=O)C(C)C)cc1. The fraction of sp³-hybridized carbons (Fsp3) is 0.500. The van der Waals surface area contributed by atoms with E-state index in [1.807, 2.05) is 31.2 Å². The summed E-state index contributed by atoms with van der Waals surface area (Å²) >= 11 is 0. The van der Waals surface area contributed by atoms with Gasteiger partial charge in [0.2, 0.25) is 15.9 Å². The average Bonchev–Trinajstić information content (AvgIpc) is 2.28. The average molecular weight is 283 g/mol. The van der Waals surface area contributed by atoms with E-state index in [1.54, 1.807) is 13.8 Å². The van der Waals surface area contributed by atoms with Gasteiger partial charge in [0.05, 0.1) is 10.7 Å². The number of hydrogen-bond acceptors (Lipinski definition) is 3. The topological polar surface area (TPSA) is 63.2 Å². The van der Waals surface area contributed by atoms with Crippen molar-refractivity contribution in [1.82, 2.24) is 4.72 Å². The quantitative estimate of drug-likeness (QED) is 0.920. The zero-order valence-electron chi connectivity index (χ0n) is 12.0. The van der Waals surface area contributed by atoms with E-state index >= 15 is 0 Å². The van der Waals surface area contributed by atoms with E-state index in [1.165, 1.54) is 13.8 Å². The Morgan fingerprint density at radius 1 is 1.16 bits per heavy atom. The van der Waals surface area contributed by atoms with E-state index < -0.39 is 26.6 Å². The Bertz CT molecular complexity index is 557. The second-order valence-electron chi connectivity index (χ2n) is 5.52. The molecular formula is C14H21NO3S. The molecule has 0 atom stereocenters. The molecule has 1 aromatic carbocycles. The summed E-state index contributed by atoms with van der Waals surface area (Å²) in [7, 11) is -3.60. The molecule has 0 fully saturated rings. The molecule has 1 amide bonds. The second-order valence-corrected chi connectivity index (χ2v) is 7.75. The van der Waals surface area contributed by atoms with Crippen LogP contribution in [-0.4, -0.2) is 19.6 Å². The van der Waals surface area contributed by atoms with Gasteiger partial charge in [0, 0.05) is 0 Å². The third-order valence-electron chi connectivity index (χ3n) is 3.20. The van der Waals surface area contributed by atoms with Crippen LogP contribution in [0.2, 0.25) is 0 Å². The van der Waals surface area contributed by atoms with Crippen LogP contribution in [0.15, 0.2) is 24.3 Å². The highest BCUT2D eigenvalue weighted by Gasteiger charge is 2.33. The van der Waals surface area contributed by atoms with Crippen molar-refractivity contribution in [1.29, 1.82) is 0 Å². The number of aryl methyl sites for hydroxylation is 1. The minimum absolute atomic E-state index is 0.509. The molecule has 1 N–H and O–H groups in total. The van der Waals surface area contributed by atoms with Gasteiger partial charge in [-0.1, -0.05) is 29.8 Å². The van der Waals surface area contributed by atoms with Gasteiger partial charge in [-0.25, -0.2) is 8.42 Å². The molecule has 0 aliphatic carbocycles. The maximum absolute atomic E-state index is 12.2. The van der Waals surface area contributed by atoms with Gasteiger partial charge < -0.3 is 0 Å². The summed E-state index contributed by atoms with van der Waals surface area (Å²) in [6.45, 7) is 8.45. The van der Waals surface area contributed by atoms with Gasteiger partial charge in [-0.2, -0.15) is 0 Å². The Kier molecular flexibility index (Phi) is 4.40. The highest BCUT2D eigenvalue weighted by molar-refractivity contribution is 7.90. The summed E-state index contributed by atoms with van der Waals surface area (Å²) in [5.41, 5.74) is 0.986. The van der Waals surface area contributed by atoms with Crippen molar-refractivity contribution in [3.8, 4) is 0 Å². The number of rotatable bonds is 4. The van der Waals surface area contributed by atoms with Gasteiger partial charge in [0.15, 0.2) is 0 Å². The third-order valence-corrected chi connectivity index (χ3v) is 4.91. The highest BCUT2D eigenvalue weighted by Crippen LogP contribution is 2.24. The van der Waals surface area contributed by atoms with Crippen LogP contribution in [0.1, 0.15) is 38.8 Å². The molecule has 0 saturated heterocycles. The van der Waals surface area contributed by atoms with Crippen LogP contribution in [-0.2, 0) is 20.2 Å². The molecule has 19 heavy (non-hydrogen) atoms. The van der Waals surface area contributed by atoms with Crippen LogP contribution in [0.4, 0.5) is 0 Å². The molecule has 0 saturated carbocycles. The van der Waals surface area contributed by atoms with E-state index in [2.05, 4.69) is 4.72 Å². The van der Waals surface area contributed by atoms with Gasteiger partial charge in [-0.15, -0.1) is 0 Å².